The zero-order valence-electron chi connectivity index (χ0n) is 30.2. The molecule has 0 bridgehead atoms. The number of benzene rings is 7. The summed E-state index contributed by atoms with van der Waals surface area (Å²) in [4.78, 5) is 4.95. The molecule has 0 saturated carbocycles. The molecule has 0 N–H and O–H groups in total. The van der Waals surface area contributed by atoms with E-state index in [0.717, 1.165) is 78.0 Å². The average molecular weight is 722 g/mol. The third kappa shape index (κ3) is 8.50. The summed E-state index contributed by atoms with van der Waals surface area (Å²) < 4.78 is 43.6. The van der Waals surface area contributed by atoms with Crippen LogP contribution in [0.25, 0.3) is 55.8 Å². The van der Waals surface area contributed by atoms with E-state index in [1.54, 1.807) is 30.3 Å². The van der Waals surface area contributed by atoms with E-state index in [9.17, 15) is 8.78 Å². The molecule has 7 aromatic carbocycles. The van der Waals surface area contributed by atoms with Gasteiger partial charge in [0.05, 0.1) is 5.69 Å². The van der Waals surface area contributed by atoms with Crippen molar-refractivity contribution in [1.82, 2.24) is 4.98 Å². The van der Waals surface area contributed by atoms with Crippen molar-refractivity contribution in [2.45, 2.75) is 25.7 Å². The first-order chi connectivity index (χ1) is 26.9. The second-order valence-corrected chi connectivity index (χ2v) is 13.9. The molecule has 0 amide bonds. The minimum atomic E-state index is -0.340. The number of halogens is 3. The topological polar surface area (TPSA) is 12.9 Å². The molecule has 0 aliphatic heterocycles. The molecule has 0 atom stereocenters. The lowest BCUT2D eigenvalue weighted by Crippen LogP contribution is -1.99. The molecule has 0 radical (unpaired) electrons. The first kappa shape index (κ1) is 35.5. The van der Waals surface area contributed by atoms with Crippen molar-refractivity contribution < 1.29 is 13.2 Å². The number of nitrogens with zero attached hydrogens (tertiary/aromatic N) is 1. The highest BCUT2D eigenvalue weighted by molar-refractivity contribution is 5.93. The summed E-state index contributed by atoms with van der Waals surface area (Å²) in [5.74, 6) is -0.861. The van der Waals surface area contributed by atoms with Gasteiger partial charge in [-0.2, -0.15) is 0 Å². The maximum atomic E-state index is 15.4. The quantitative estimate of drug-likeness (QED) is 0.130. The first-order valence-corrected chi connectivity index (χ1v) is 18.6. The number of pyridine rings is 1. The number of aryl methyl sites for hydroxylation is 4. The number of hydrogen-bond donors (Lipinski definition) is 0. The van der Waals surface area contributed by atoms with Crippen molar-refractivity contribution in [3.63, 3.8) is 0 Å². The number of hydrogen-bond acceptors (Lipinski definition) is 1. The highest BCUT2D eigenvalue weighted by Gasteiger charge is 2.18. The van der Waals surface area contributed by atoms with Gasteiger partial charge in [-0.1, -0.05) is 133 Å². The van der Waals surface area contributed by atoms with E-state index in [1.807, 2.05) is 72.9 Å². The van der Waals surface area contributed by atoms with Crippen LogP contribution in [0.5, 0.6) is 0 Å². The van der Waals surface area contributed by atoms with Gasteiger partial charge in [0.25, 0.3) is 0 Å². The van der Waals surface area contributed by atoms with E-state index in [2.05, 4.69) is 60.7 Å². The van der Waals surface area contributed by atoms with Crippen molar-refractivity contribution in [2.75, 3.05) is 0 Å². The van der Waals surface area contributed by atoms with E-state index in [0.29, 0.717) is 25.7 Å². The van der Waals surface area contributed by atoms with Crippen molar-refractivity contribution in [3.8, 4) is 55.8 Å². The Labute approximate surface area is 320 Å². The highest BCUT2D eigenvalue weighted by atomic mass is 19.1. The Morgan fingerprint density at radius 1 is 0.309 bits per heavy atom. The molecule has 1 heterocycles. The molecule has 0 fully saturated rings. The Hall–Kier alpha value is -6.52. The lowest BCUT2D eigenvalue weighted by Gasteiger charge is -2.18. The predicted octanol–water partition coefficient (Wildman–Crippen LogP) is 13.4. The molecule has 4 heteroatoms. The molecule has 0 spiro atoms. The van der Waals surface area contributed by atoms with Gasteiger partial charge in [-0.05, 0) is 129 Å². The Kier molecular flexibility index (Phi) is 10.5. The molecular weight excluding hydrogens is 684 g/mol. The average Bonchev–Trinajstić information content (AvgIpc) is 3.23. The fourth-order valence-corrected chi connectivity index (χ4v) is 7.31. The molecule has 268 valence electrons. The van der Waals surface area contributed by atoms with Gasteiger partial charge in [0.2, 0.25) is 0 Å². The summed E-state index contributed by atoms with van der Waals surface area (Å²) in [7, 11) is 0. The fourth-order valence-electron chi connectivity index (χ4n) is 7.31. The van der Waals surface area contributed by atoms with Crippen molar-refractivity contribution >= 4 is 0 Å². The maximum absolute atomic E-state index is 15.4. The van der Waals surface area contributed by atoms with Gasteiger partial charge >= 0.3 is 0 Å². The van der Waals surface area contributed by atoms with Crippen LogP contribution in [0.3, 0.4) is 0 Å². The van der Waals surface area contributed by atoms with Crippen LogP contribution in [-0.2, 0) is 25.7 Å². The Balaban J connectivity index is 1.24. The SMILES string of the molecule is Fc1cccc(CCc2cc(CCc3cccc(F)c3)cc(-c3cc(F)ccc3-c3cnc(-c4ccccc4)cc3-c3ccc(-c4ccccc4)cc3)c2)c1. The molecule has 0 aliphatic carbocycles. The van der Waals surface area contributed by atoms with Crippen LogP contribution in [0.1, 0.15) is 22.3 Å². The summed E-state index contributed by atoms with van der Waals surface area (Å²) in [5.41, 5.74) is 13.4. The van der Waals surface area contributed by atoms with Gasteiger partial charge in [-0.15, -0.1) is 0 Å². The lowest BCUT2D eigenvalue weighted by atomic mass is 9.87. The van der Waals surface area contributed by atoms with Crippen molar-refractivity contribution in [1.29, 1.82) is 0 Å². The van der Waals surface area contributed by atoms with Crippen molar-refractivity contribution in [3.05, 3.63) is 222 Å². The van der Waals surface area contributed by atoms with E-state index in [1.165, 1.54) is 18.2 Å². The Bertz CT molecular complexity index is 2490. The minimum Gasteiger partial charge on any atom is -0.256 e. The molecular formula is C51H38F3N. The first-order valence-electron chi connectivity index (χ1n) is 18.6. The largest absolute Gasteiger partial charge is 0.256 e. The summed E-state index contributed by atoms with van der Waals surface area (Å²) >= 11 is 0. The minimum absolute atomic E-state index is 0.260. The van der Waals surface area contributed by atoms with Gasteiger partial charge in [-0.3, -0.25) is 4.98 Å². The molecule has 0 unspecified atom stereocenters. The van der Waals surface area contributed by atoms with Gasteiger partial charge in [-0.25, -0.2) is 13.2 Å². The van der Waals surface area contributed by atoms with Crippen LogP contribution in [0.4, 0.5) is 13.2 Å². The van der Waals surface area contributed by atoms with Gasteiger partial charge in [0.1, 0.15) is 17.5 Å². The monoisotopic (exact) mass is 721 g/mol. The van der Waals surface area contributed by atoms with Crippen LogP contribution in [0, 0.1) is 17.5 Å². The molecule has 55 heavy (non-hydrogen) atoms. The summed E-state index contributed by atoms with van der Waals surface area (Å²) in [6, 6.07) is 55.8. The molecule has 1 nitrogen and oxygen atoms in total. The van der Waals surface area contributed by atoms with Gasteiger partial charge < -0.3 is 0 Å². The van der Waals surface area contributed by atoms with Crippen LogP contribution in [-0.4, -0.2) is 4.98 Å². The molecule has 8 rings (SSSR count). The van der Waals surface area contributed by atoms with E-state index >= 15 is 4.39 Å². The van der Waals surface area contributed by atoms with E-state index in [4.69, 9.17) is 4.98 Å². The zero-order chi connectivity index (χ0) is 37.6. The summed E-state index contributed by atoms with van der Waals surface area (Å²) in [5, 5.41) is 0. The highest BCUT2D eigenvalue weighted by Crippen LogP contribution is 2.41. The smallest absolute Gasteiger partial charge is 0.123 e. The summed E-state index contributed by atoms with van der Waals surface area (Å²) in [6.45, 7) is 0. The lowest BCUT2D eigenvalue weighted by molar-refractivity contribution is 0.625. The zero-order valence-corrected chi connectivity index (χ0v) is 30.2. The molecule has 0 saturated heterocycles. The molecule has 0 aliphatic rings. The fraction of sp³-hybridized carbons (Fsp3) is 0.0784. The molecule has 8 aromatic rings. The normalized spacial score (nSPS) is 11.1. The number of aromatic nitrogens is 1. The van der Waals surface area contributed by atoms with Crippen LogP contribution >= 0.6 is 0 Å². The van der Waals surface area contributed by atoms with Gasteiger partial charge in [0.15, 0.2) is 0 Å². The third-order valence-electron chi connectivity index (χ3n) is 10.1. The second kappa shape index (κ2) is 16.2. The van der Waals surface area contributed by atoms with E-state index in [-0.39, 0.29) is 17.5 Å². The van der Waals surface area contributed by atoms with Crippen molar-refractivity contribution in [2.24, 2.45) is 0 Å². The third-order valence-corrected chi connectivity index (χ3v) is 10.1. The van der Waals surface area contributed by atoms with Gasteiger partial charge in [0, 0.05) is 17.3 Å². The second-order valence-electron chi connectivity index (χ2n) is 13.9. The van der Waals surface area contributed by atoms with Crippen LogP contribution in [0.15, 0.2) is 182 Å². The standard InChI is InChI=1S/C51H38F3N/c52-44-15-7-9-35(30-44)17-19-37-27-38(20-18-36-10-8-16-45(53)31-36)29-43(28-37)48-32-46(54)25-26-47(48)50-34-55-51(42-13-5-2-6-14-42)33-49(50)41-23-21-40(22-24-41)39-11-3-1-4-12-39/h1-16,21-34H,17-20H2. The number of rotatable bonds is 11. The summed E-state index contributed by atoms with van der Waals surface area (Å²) in [6.07, 6.45) is 4.53. The Morgan fingerprint density at radius 3 is 1.42 bits per heavy atom. The maximum Gasteiger partial charge on any atom is 0.123 e. The predicted molar refractivity (Wildman–Crippen MR) is 219 cm³/mol. The molecule has 1 aromatic heterocycles. The van der Waals surface area contributed by atoms with Crippen LogP contribution < -0.4 is 0 Å². The Morgan fingerprint density at radius 2 is 0.818 bits per heavy atom. The van der Waals surface area contributed by atoms with Crippen LogP contribution in [0.2, 0.25) is 0 Å². The van der Waals surface area contributed by atoms with E-state index < -0.39 is 0 Å².